The molecule has 3 N–H and O–H groups in total. The van der Waals surface area contributed by atoms with Crippen LogP contribution < -0.4 is 10.6 Å². The fourth-order valence-corrected chi connectivity index (χ4v) is 3.27. The van der Waals surface area contributed by atoms with Gasteiger partial charge in [-0.25, -0.2) is 4.79 Å². The predicted octanol–water partition coefficient (Wildman–Crippen LogP) is 1.41. The van der Waals surface area contributed by atoms with Crippen molar-refractivity contribution in [2.75, 3.05) is 19.6 Å². The van der Waals surface area contributed by atoms with Gasteiger partial charge >= 0.3 is 12.0 Å². The number of carbonyl (C=O) groups is 2. The molecule has 0 aromatic carbocycles. The van der Waals surface area contributed by atoms with Crippen LogP contribution in [-0.2, 0) is 4.79 Å². The van der Waals surface area contributed by atoms with E-state index in [0.717, 1.165) is 25.9 Å². The molecule has 2 aliphatic rings. The van der Waals surface area contributed by atoms with Crippen LogP contribution in [0.5, 0.6) is 0 Å². The Kier molecular flexibility index (Phi) is 5.85. The Morgan fingerprint density at radius 2 is 1.81 bits per heavy atom. The van der Waals surface area contributed by atoms with Gasteiger partial charge in [0.1, 0.15) is 0 Å². The summed E-state index contributed by atoms with van der Waals surface area (Å²) in [6.45, 7) is 5.06. The molecule has 0 bridgehead atoms. The first-order chi connectivity index (χ1) is 10.1. The van der Waals surface area contributed by atoms with Crippen molar-refractivity contribution in [1.82, 2.24) is 15.5 Å². The topological polar surface area (TPSA) is 81.7 Å². The highest BCUT2D eigenvalue weighted by molar-refractivity contribution is 5.74. The maximum atomic E-state index is 11.9. The lowest BCUT2D eigenvalue weighted by atomic mass is 9.86. The molecule has 6 heteroatoms. The fourth-order valence-electron chi connectivity index (χ4n) is 3.27. The number of carboxylic acid groups (broad SMARTS) is 1. The Balaban J connectivity index is 1.62. The highest BCUT2D eigenvalue weighted by Gasteiger charge is 2.26. The number of carboxylic acids is 1. The average molecular weight is 297 g/mol. The van der Waals surface area contributed by atoms with E-state index in [1.165, 1.54) is 12.8 Å². The molecular weight excluding hydrogens is 270 g/mol. The quantitative estimate of drug-likeness (QED) is 0.716. The Morgan fingerprint density at radius 1 is 1.19 bits per heavy atom. The highest BCUT2D eigenvalue weighted by atomic mass is 16.4. The first kappa shape index (κ1) is 16.1. The van der Waals surface area contributed by atoms with Crippen LogP contribution in [-0.4, -0.2) is 53.7 Å². The Morgan fingerprint density at radius 3 is 2.38 bits per heavy atom. The Hall–Kier alpha value is -1.30. The molecule has 0 spiro atoms. The second-order valence-electron chi connectivity index (χ2n) is 6.33. The maximum absolute atomic E-state index is 11.9. The van der Waals surface area contributed by atoms with E-state index in [4.69, 9.17) is 5.11 Å². The molecule has 1 unspecified atom stereocenters. The van der Waals surface area contributed by atoms with Crippen molar-refractivity contribution in [3.05, 3.63) is 0 Å². The number of hydrogen-bond donors (Lipinski definition) is 3. The van der Waals surface area contributed by atoms with Crippen LogP contribution in [0.3, 0.4) is 0 Å². The first-order valence-corrected chi connectivity index (χ1v) is 8.07. The van der Waals surface area contributed by atoms with Crippen LogP contribution in [0, 0.1) is 5.92 Å². The van der Waals surface area contributed by atoms with Gasteiger partial charge in [-0.3, -0.25) is 9.69 Å². The van der Waals surface area contributed by atoms with Gasteiger partial charge in [0, 0.05) is 18.6 Å². The summed E-state index contributed by atoms with van der Waals surface area (Å²) in [6, 6.07) is 0.364. The maximum Gasteiger partial charge on any atom is 0.315 e. The van der Waals surface area contributed by atoms with E-state index in [9.17, 15) is 9.59 Å². The summed E-state index contributed by atoms with van der Waals surface area (Å²) in [4.78, 5) is 25.2. The van der Waals surface area contributed by atoms with Crippen LogP contribution in [0.1, 0.15) is 45.4 Å². The number of rotatable bonds is 5. The standard InChI is InChI=1S/C15H27N3O3/c1-11(18-8-2-3-9-18)10-16-15(21)17-13-6-4-12(5-7-13)14(19)20/h11-13H,2-10H2,1H3,(H,19,20)(H2,16,17,21). The monoisotopic (exact) mass is 297 g/mol. The summed E-state index contributed by atoms with van der Waals surface area (Å²) in [5.41, 5.74) is 0. The molecule has 6 nitrogen and oxygen atoms in total. The number of nitrogens with zero attached hydrogens (tertiary/aromatic N) is 1. The zero-order chi connectivity index (χ0) is 15.2. The summed E-state index contributed by atoms with van der Waals surface area (Å²) in [5.74, 6) is -0.946. The zero-order valence-electron chi connectivity index (χ0n) is 12.8. The highest BCUT2D eigenvalue weighted by Crippen LogP contribution is 2.24. The van der Waals surface area contributed by atoms with Gasteiger partial charge in [-0.1, -0.05) is 0 Å². The molecule has 1 atom stereocenters. The van der Waals surface area contributed by atoms with Gasteiger partial charge in [0.15, 0.2) is 0 Å². The molecule has 2 rings (SSSR count). The van der Waals surface area contributed by atoms with E-state index in [-0.39, 0.29) is 18.0 Å². The van der Waals surface area contributed by atoms with Gasteiger partial charge in [0.05, 0.1) is 5.92 Å². The van der Waals surface area contributed by atoms with E-state index < -0.39 is 5.97 Å². The van der Waals surface area contributed by atoms with Crippen LogP contribution in [0.4, 0.5) is 4.79 Å². The molecule has 2 fully saturated rings. The average Bonchev–Trinajstić information content (AvgIpc) is 2.99. The molecule has 2 amide bonds. The van der Waals surface area contributed by atoms with E-state index in [1.54, 1.807) is 0 Å². The summed E-state index contributed by atoms with van der Waals surface area (Å²) in [5, 5.41) is 14.8. The van der Waals surface area contributed by atoms with Crippen LogP contribution in [0.15, 0.2) is 0 Å². The smallest absolute Gasteiger partial charge is 0.315 e. The minimum absolute atomic E-state index is 0.114. The minimum Gasteiger partial charge on any atom is -0.481 e. The SMILES string of the molecule is CC(CNC(=O)NC1CCC(C(=O)O)CC1)N1CCCC1. The molecule has 1 aliphatic heterocycles. The van der Waals surface area contributed by atoms with Gasteiger partial charge in [-0.15, -0.1) is 0 Å². The largest absolute Gasteiger partial charge is 0.481 e. The number of carbonyl (C=O) groups excluding carboxylic acids is 1. The van der Waals surface area contributed by atoms with E-state index in [0.29, 0.717) is 25.4 Å². The third kappa shape index (κ3) is 4.88. The summed E-state index contributed by atoms with van der Waals surface area (Å²) < 4.78 is 0. The summed E-state index contributed by atoms with van der Waals surface area (Å²) in [6.07, 6.45) is 5.33. The number of hydrogen-bond acceptors (Lipinski definition) is 3. The lowest BCUT2D eigenvalue weighted by Gasteiger charge is -2.28. The van der Waals surface area contributed by atoms with Crippen LogP contribution >= 0.6 is 0 Å². The molecule has 21 heavy (non-hydrogen) atoms. The third-order valence-corrected chi connectivity index (χ3v) is 4.73. The number of likely N-dealkylation sites (tertiary alicyclic amines) is 1. The van der Waals surface area contributed by atoms with E-state index >= 15 is 0 Å². The van der Waals surface area contributed by atoms with Crippen LogP contribution in [0.25, 0.3) is 0 Å². The zero-order valence-corrected chi connectivity index (χ0v) is 12.8. The molecule has 1 saturated carbocycles. The van der Waals surface area contributed by atoms with Crippen LogP contribution in [0.2, 0.25) is 0 Å². The number of aliphatic carboxylic acids is 1. The molecule has 0 aromatic rings. The molecule has 1 aliphatic carbocycles. The molecular formula is C15H27N3O3. The molecule has 0 radical (unpaired) electrons. The third-order valence-electron chi connectivity index (χ3n) is 4.73. The fraction of sp³-hybridized carbons (Fsp3) is 0.867. The second kappa shape index (κ2) is 7.64. The van der Waals surface area contributed by atoms with Gasteiger partial charge in [-0.2, -0.15) is 0 Å². The number of urea groups is 1. The van der Waals surface area contributed by atoms with Crippen molar-refractivity contribution < 1.29 is 14.7 Å². The minimum atomic E-state index is -0.711. The Bertz CT molecular complexity index is 361. The number of amides is 2. The van der Waals surface area contributed by atoms with E-state index in [2.05, 4.69) is 22.5 Å². The lowest BCUT2D eigenvalue weighted by molar-refractivity contribution is -0.142. The van der Waals surface area contributed by atoms with Gasteiger partial charge in [-0.05, 0) is 58.5 Å². The molecule has 0 aromatic heterocycles. The van der Waals surface area contributed by atoms with Crippen molar-refractivity contribution in [3.8, 4) is 0 Å². The summed E-state index contributed by atoms with van der Waals surface area (Å²) in [7, 11) is 0. The van der Waals surface area contributed by atoms with Crippen molar-refractivity contribution in [2.45, 2.75) is 57.5 Å². The second-order valence-corrected chi connectivity index (χ2v) is 6.33. The molecule has 1 heterocycles. The van der Waals surface area contributed by atoms with Gasteiger partial charge < -0.3 is 15.7 Å². The molecule has 1 saturated heterocycles. The summed E-state index contributed by atoms with van der Waals surface area (Å²) >= 11 is 0. The Labute approximate surface area is 126 Å². The van der Waals surface area contributed by atoms with Crippen molar-refractivity contribution >= 4 is 12.0 Å². The molecule has 120 valence electrons. The van der Waals surface area contributed by atoms with Crippen molar-refractivity contribution in [2.24, 2.45) is 5.92 Å². The van der Waals surface area contributed by atoms with Gasteiger partial charge in [0.2, 0.25) is 0 Å². The van der Waals surface area contributed by atoms with E-state index in [1.807, 2.05) is 0 Å². The number of nitrogens with one attached hydrogen (secondary N) is 2. The normalized spacial score (nSPS) is 28.0. The van der Waals surface area contributed by atoms with Crippen molar-refractivity contribution in [3.63, 3.8) is 0 Å². The predicted molar refractivity (Wildman–Crippen MR) is 80.2 cm³/mol. The first-order valence-electron chi connectivity index (χ1n) is 8.07. The van der Waals surface area contributed by atoms with Crippen molar-refractivity contribution in [1.29, 1.82) is 0 Å². The lowest BCUT2D eigenvalue weighted by Crippen LogP contribution is -2.48. The van der Waals surface area contributed by atoms with Gasteiger partial charge in [0.25, 0.3) is 0 Å².